The highest BCUT2D eigenvalue weighted by Gasteiger charge is 2.10. The van der Waals surface area contributed by atoms with Crippen LogP contribution in [0.5, 0.6) is 0 Å². The Morgan fingerprint density at radius 2 is 1.44 bits per heavy atom. The first-order valence-corrected chi connectivity index (χ1v) is 6.41. The summed E-state index contributed by atoms with van der Waals surface area (Å²) in [6, 6.07) is 13.5. The molecule has 0 spiro atoms. The molecule has 2 rings (SSSR count). The second-order valence-corrected chi connectivity index (χ2v) is 5.09. The van der Waals surface area contributed by atoms with E-state index in [9.17, 15) is 4.39 Å². The summed E-state index contributed by atoms with van der Waals surface area (Å²) in [6.45, 7) is -0.474. The normalized spacial score (nSPS) is 10.4. The molecule has 16 heavy (non-hydrogen) atoms. The predicted octanol–water partition coefficient (Wildman–Crippen LogP) is 5.35. The largest absolute Gasteiger partial charge is 0.246 e. The molecule has 0 amide bonds. The van der Waals surface area contributed by atoms with E-state index in [-0.39, 0.29) is 0 Å². The Bertz CT molecular complexity index is 509. The van der Waals surface area contributed by atoms with Crippen molar-refractivity contribution in [3.8, 4) is 11.1 Å². The average Bonchev–Trinajstić information content (AvgIpc) is 2.29. The van der Waals surface area contributed by atoms with Gasteiger partial charge in [0.1, 0.15) is 6.67 Å². The molecule has 0 aromatic heterocycles. The van der Waals surface area contributed by atoms with Crippen LogP contribution in [0.4, 0.5) is 4.39 Å². The summed E-state index contributed by atoms with van der Waals surface area (Å²) < 4.78 is 14.8. The number of halogens is 3. The zero-order valence-electron chi connectivity index (χ0n) is 8.38. The maximum Gasteiger partial charge on any atom is 0.116 e. The third-order valence-corrected chi connectivity index (χ3v) is 3.85. The van der Waals surface area contributed by atoms with E-state index in [0.29, 0.717) is 5.56 Å². The van der Waals surface area contributed by atoms with E-state index in [1.807, 2.05) is 42.5 Å². The van der Waals surface area contributed by atoms with Crippen LogP contribution in [0.1, 0.15) is 5.56 Å². The summed E-state index contributed by atoms with van der Waals surface area (Å²) in [7, 11) is 0. The third-order valence-electron chi connectivity index (χ3n) is 2.42. The molecule has 0 aliphatic heterocycles. The van der Waals surface area contributed by atoms with Crippen molar-refractivity contribution >= 4 is 31.9 Å². The van der Waals surface area contributed by atoms with Crippen molar-refractivity contribution in [3.63, 3.8) is 0 Å². The molecule has 0 radical (unpaired) electrons. The van der Waals surface area contributed by atoms with Gasteiger partial charge in [-0.3, -0.25) is 0 Å². The van der Waals surface area contributed by atoms with E-state index < -0.39 is 6.67 Å². The Labute approximate surface area is 111 Å². The molecule has 82 valence electrons. The van der Waals surface area contributed by atoms with Gasteiger partial charge >= 0.3 is 0 Å². The van der Waals surface area contributed by atoms with Gasteiger partial charge in [0.15, 0.2) is 0 Å². The lowest BCUT2D eigenvalue weighted by Gasteiger charge is -2.10. The predicted molar refractivity (Wildman–Crippen MR) is 72.1 cm³/mol. The lowest BCUT2D eigenvalue weighted by molar-refractivity contribution is 0.485. The molecule has 2 aromatic rings. The number of rotatable bonds is 2. The summed E-state index contributed by atoms with van der Waals surface area (Å²) in [6.07, 6.45) is 0. The van der Waals surface area contributed by atoms with E-state index in [0.717, 1.165) is 20.1 Å². The summed E-state index contributed by atoms with van der Waals surface area (Å²) in [4.78, 5) is 0. The fourth-order valence-electron chi connectivity index (χ4n) is 1.63. The van der Waals surface area contributed by atoms with E-state index in [1.165, 1.54) is 0 Å². The zero-order chi connectivity index (χ0) is 11.5. The van der Waals surface area contributed by atoms with Gasteiger partial charge in [0.25, 0.3) is 0 Å². The maximum absolute atomic E-state index is 13.0. The van der Waals surface area contributed by atoms with Gasteiger partial charge in [-0.05, 0) is 23.3 Å². The Morgan fingerprint density at radius 1 is 0.812 bits per heavy atom. The van der Waals surface area contributed by atoms with Gasteiger partial charge in [0.05, 0.1) is 0 Å². The van der Waals surface area contributed by atoms with Crippen LogP contribution in [0.2, 0.25) is 0 Å². The Hall–Kier alpha value is -0.670. The van der Waals surface area contributed by atoms with Crippen LogP contribution in [0, 0.1) is 0 Å². The van der Waals surface area contributed by atoms with Crippen LogP contribution < -0.4 is 0 Å². The number of hydrogen-bond acceptors (Lipinski definition) is 0. The molecule has 0 bridgehead atoms. The Kier molecular flexibility index (Phi) is 3.77. The summed E-state index contributed by atoms with van der Waals surface area (Å²) in [5.41, 5.74) is 2.62. The van der Waals surface area contributed by atoms with Gasteiger partial charge < -0.3 is 0 Å². The van der Waals surface area contributed by atoms with Crippen molar-refractivity contribution in [1.82, 2.24) is 0 Å². The van der Waals surface area contributed by atoms with Gasteiger partial charge in [-0.15, -0.1) is 0 Å². The second kappa shape index (κ2) is 5.11. The van der Waals surface area contributed by atoms with Crippen LogP contribution in [0.15, 0.2) is 51.4 Å². The number of alkyl halides is 1. The zero-order valence-corrected chi connectivity index (χ0v) is 11.6. The quantitative estimate of drug-likeness (QED) is 0.689. The second-order valence-electron chi connectivity index (χ2n) is 3.38. The summed E-state index contributed by atoms with van der Waals surface area (Å²) in [5.74, 6) is 0. The monoisotopic (exact) mass is 342 g/mol. The van der Waals surface area contributed by atoms with Crippen LogP contribution >= 0.6 is 31.9 Å². The van der Waals surface area contributed by atoms with Gasteiger partial charge in [0.2, 0.25) is 0 Å². The Morgan fingerprint density at radius 3 is 2.12 bits per heavy atom. The van der Waals surface area contributed by atoms with E-state index in [1.54, 1.807) is 0 Å². The van der Waals surface area contributed by atoms with Crippen molar-refractivity contribution in [1.29, 1.82) is 0 Å². The van der Waals surface area contributed by atoms with Gasteiger partial charge in [-0.25, -0.2) is 4.39 Å². The van der Waals surface area contributed by atoms with Crippen LogP contribution in [-0.2, 0) is 6.67 Å². The third kappa shape index (κ3) is 2.20. The van der Waals surface area contributed by atoms with Gasteiger partial charge in [-0.1, -0.05) is 62.2 Å². The average molecular weight is 344 g/mol. The highest BCUT2D eigenvalue weighted by atomic mass is 79.9. The van der Waals surface area contributed by atoms with E-state index in [4.69, 9.17) is 0 Å². The number of hydrogen-bond donors (Lipinski definition) is 0. The molecular weight excluding hydrogens is 335 g/mol. The first-order valence-electron chi connectivity index (χ1n) is 4.82. The molecule has 0 N–H and O–H groups in total. The summed E-state index contributed by atoms with van der Waals surface area (Å²) in [5, 5.41) is 0. The molecule has 0 atom stereocenters. The minimum Gasteiger partial charge on any atom is -0.246 e. The fourth-order valence-corrected chi connectivity index (χ4v) is 2.60. The van der Waals surface area contributed by atoms with Crippen LogP contribution in [0.3, 0.4) is 0 Å². The highest BCUT2D eigenvalue weighted by Crippen LogP contribution is 2.34. The van der Waals surface area contributed by atoms with Crippen molar-refractivity contribution < 1.29 is 4.39 Å². The van der Waals surface area contributed by atoms with Crippen LogP contribution in [0.25, 0.3) is 11.1 Å². The lowest BCUT2D eigenvalue weighted by atomic mass is 10.0. The molecule has 0 nitrogen and oxygen atoms in total. The molecule has 0 saturated carbocycles. The Balaban J connectivity index is 2.65. The van der Waals surface area contributed by atoms with Crippen molar-refractivity contribution in [3.05, 3.63) is 57.0 Å². The topological polar surface area (TPSA) is 0 Å². The SMILES string of the molecule is FCc1c(Br)cccc1-c1ccccc1Br. The first kappa shape index (κ1) is 11.8. The summed E-state index contributed by atoms with van der Waals surface area (Å²) >= 11 is 6.86. The molecule has 0 unspecified atom stereocenters. The van der Waals surface area contributed by atoms with Gasteiger partial charge in [-0.2, -0.15) is 0 Å². The first-order chi connectivity index (χ1) is 7.74. The molecule has 0 heterocycles. The highest BCUT2D eigenvalue weighted by molar-refractivity contribution is 9.11. The molecule has 2 aromatic carbocycles. The lowest BCUT2D eigenvalue weighted by Crippen LogP contribution is -1.89. The minimum atomic E-state index is -0.474. The van der Waals surface area contributed by atoms with Crippen molar-refractivity contribution in [2.24, 2.45) is 0 Å². The minimum absolute atomic E-state index is 0.474. The molecule has 3 heteroatoms. The smallest absolute Gasteiger partial charge is 0.116 e. The maximum atomic E-state index is 13.0. The molecule has 0 aliphatic rings. The van der Waals surface area contributed by atoms with Crippen molar-refractivity contribution in [2.45, 2.75) is 6.67 Å². The fraction of sp³-hybridized carbons (Fsp3) is 0.0769. The molecular formula is C13H9Br2F. The van der Waals surface area contributed by atoms with E-state index in [2.05, 4.69) is 31.9 Å². The van der Waals surface area contributed by atoms with Gasteiger partial charge in [0, 0.05) is 14.5 Å². The number of benzene rings is 2. The molecule has 0 fully saturated rings. The standard InChI is InChI=1S/C13H9Br2F/c14-12-6-2-1-4-10(12)9-5-3-7-13(15)11(9)8-16/h1-7H,8H2. The van der Waals surface area contributed by atoms with Crippen molar-refractivity contribution in [2.75, 3.05) is 0 Å². The molecule has 0 aliphatic carbocycles. The molecule has 0 saturated heterocycles. The van der Waals surface area contributed by atoms with E-state index >= 15 is 0 Å². The van der Waals surface area contributed by atoms with Crippen LogP contribution in [-0.4, -0.2) is 0 Å².